The molecule has 0 amide bonds. The number of allylic oxidation sites excluding steroid dienone is 2. The van der Waals surface area contributed by atoms with Gasteiger partial charge in [0.2, 0.25) is 0 Å². The molecule has 0 aromatic carbocycles. The Kier molecular flexibility index (Phi) is 2.79. The maximum absolute atomic E-state index is 5.77. The molecule has 2 nitrogen and oxygen atoms in total. The second-order valence-corrected chi connectivity index (χ2v) is 3.92. The van der Waals surface area contributed by atoms with E-state index in [1.54, 1.807) is 0 Å². The Morgan fingerprint density at radius 1 is 1.58 bits per heavy atom. The third-order valence-electron chi connectivity index (χ3n) is 1.78. The highest BCUT2D eigenvalue weighted by molar-refractivity contribution is 5.24. The first-order valence-corrected chi connectivity index (χ1v) is 4.46. The molecular weight excluding hydrogens is 148 g/mol. The molecular formula is C10H18N2. The summed E-state index contributed by atoms with van der Waals surface area (Å²) in [6.45, 7) is 8.50. The predicted octanol–water partition coefficient (Wildman–Crippen LogP) is 1.70. The van der Waals surface area contributed by atoms with Crippen LogP contribution in [0.5, 0.6) is 0 Å². The van der Waals surface area contributed by atoms with Crippen LogP contribution in [0.3, 0.4) is 0 Å². The molecule has 0 unspecified atom stereocenters. The van der Waals surface area contributed by atoms with Crippen LogP contribution in [0.1, 0.15) is 20.8 Å². The monoisotopic (exact) mass is 166 g/mol. The summed E-state index contributed by atoms with van der Waals surface area (Å²) in [7, 11) is 0. The van der Waals surface area contributed by atoms with Gasteiger partial charge in [0.25, 0.3) is 0 Å². The van der Waals surface area contributed by atoms with Crippen molar-refractivity contribution in [2.45, 2.75) is 20.8 Å². The topological polar surface area (TPSA) is 29.3 Å². The molecule has 1 aliphatic heterocycles. The summed E-state index contributed by atoms with van der Waals surface area (Å²) in [5, 5.41) is 0. The van der Waals surface area contributed by atoms with Gasteiger partial charge in [-0.1, -0.05) is 13.8 Å². The molecule has 0 aromatic rings. The van der Waals surface area contributed by atoms with E-state index in [1.807, 2.05) is 6.08 Å². The Balaban J connectivity index is 2.55. The van der Waals surface area contributed by atoms with Crippen LogP contribution in [0, 0.1) is 5.92 Å². The van der Waals surface area contributed by atoms with Crippen LogP contribution < -0.4 is 5.73 Å². The van der Waals surface area contributed by atoms with Gasteiger partial charge in [-0.15, -0.1) is 0 Å². The van der Waals surface area contributed by atoms with Gasteiger partial charge < -0.3 is 10.6 Å². The van der Waals surface area contributed by atoms with Gasteiger partial charge in [-0.05, 0) is 24.5 Å². The van der Waals surface area contributed by atoms with E-state index < -0.39 is 0 Å². The zero-order chi connectivity index (χ0) is 9.14. The smallest absolute Gasteiger partial charge is 0.0569 e. The summed E-state index contributed by atoms with van der Waals surface area (Å²) in [6, 6.07) is 0. The van der Waals surface area contributed by atoms with Gasteiger partial charge in [-0.3, -0.25) is 0 Å². The molecule has 2 heteroatoms. The highest BCUT2D eigenvalue weighted by Gasteiger charge is 2.08. The van der Waals surface area contributed by atoms with Gasteiger partial charge in [0, 0.05) is 18.4 Å². The van der Waals surface area contributed by atoms with Crippen molar-refractivity contribution in [3.8, 4) is 0 Å². The minimum atomic E-state index is 0.694. The summed E-state index contributed by atoms with van der Waals surface area (Å²) in [5.74, 6) is 0.694. The van der Waals surface area contributed by atoms with E-state index in [1.165, 1.54) is 5.57 Å². The predicted molar refractivity (Wildman–Crippen MR) is 52.4 cm³/mol. The minimum absolute atomic E-state index is 0.694. The van der Waals surface area contributed by atoms with Crippen LogP contribution in [-0.2, 0) is 0 Å². The average Bonchev–Trinajstić information content (AvgIpc) is 1.81. The molecule has 0 spiro atoms. The van der Waals surface area contributed by atoms with Gasteiger partial charge in [-0.25, -0.2) is 0 Å². The van der Waals surface area contributed by atoms with E-state index in [0.717, 1.165) is 18.8 Å². The molecule has 0 aliphatic carbocycles. The lowest BCUT2D eigenvalue weighted by atomic mass is 10.1. The van der Waals surface area contributed by atoms with Crippen molar-refractivity contribution in [3.63, 3.8) is 0 Å². The first-order chi connectivity index (χ1) is 5.58. The molecule has 0 bridgehead atoms. The molecule has 1 aliphatic rings. The number of nitrogens with two attached hydrogens (primary N) is 1. The van der Waals surface area contributed by atoms with Crippen molar-refractivity contribution in [2.24, 2.45) is 11.7 Å². The summed E-state index contributed by atoms with van der Waals surface area (Å²) < 4.78 is 0. The van der Waals surface area contributed by atoms with E-state index >= 15 is 0 Å². The minimum Gasteiger partial charge on any atom is -0.401 e. The van der Waals surface area contributed by atoms with Crippen molar-refractivity contribution in [3.05, 3.63) is 23.5 Å². The fourth-order valence-electron chi connectivity index (χ4n) is 1.53. The molecule has 1 heterocycles. The molecule has 0 radical (unpaired) electrons. The molecule has 0 saturated carbocycles. The second kappa shape index (κ2) is 3.65. The van der Waals surface area contributed by atoms with Crippen LogP contribution in [0.15, 0.2) is 23.5 Å². The lowest BCUT2D eigenvalue weighted by Gasteiger charge is -2.26. The van der Waals surface area contributed by atoms with Gasteiger partial charge in [0.15, 0.2) is 0 Å². The molecule has 0 atom stereocenters. The van der Waals surface area contributed by atoms with Gasteiger partial charge in [0.1, 0.15) is 0 Å². The summed E-state index contributed by atoms with van der Waals surface area (Å²) >= 11 is 0. The summed E-state index contributed by atoms with van der Waals surface area (Å²) in [4.78, 5) is 2.27. The van der Waals surface area contributed by atoms with Crippen molar-refractivity contribution < 1.29 is 0 Å². The Bertz CT molecular complexity index is 214. The number of hydrogen-bond acceptors (Lipinski definition) is 2. The third kappa shape index (κ3) is 2.61. The van der Waals surface area contributed by atoms with Crippen molar-refractivity contribution >= 4 is 0 Å². The lowest BCUT2D eigenvalue weighted by molar-refractivity contribution is 0.346. The first-order valence-electron chi connectivity index (χ1n) is 4.46. The van der Waals surface area contributed by atoms with Crippen LogP contribution in [0.2, 0.25) is 0 Å². The van der Waals surface area contributed by atoms with Crippen molar-refractivity contribution in [2.75, 3.05) is 13.1 Å². The second-order valence-electron chi connectivity index (χ2n) is 3.92. The van der Waals surface area contributed by atoms with E-state index in [-0.39, 0.29) is 0 Å². The Labute approximate surface area is 74.7 Å². The summed E-state index contributed by atoms with van der Waals surface area (Å²) in [6.07, 6.45) is 4.22. The standard InChI is InChI=1S/C10H18N2/c1-8(2)5-12-6-9(3)4-10(11)7-12/h4,6,8H,5,7,11H2,1-3H3. The molecule has 12 heavy (non-hydrogen) atoms. The zero-order valence-electron chi connectivity index (χ0n) is 8.17. The highest BCUT2D eigenvalue weighted by Crippen LogP contribution is 2.11. The number of hydrogen-bond donors (Lipinski definition) is 1. The Hall–Kier alpha value is -0.920. The summed E-state index contributed by atoms with van der Waals surface area (Å²) in [5.41, 5.74) is 7.99. The maximum atomic E-state index is 5.77. The fraction of sp³-hybridized carbons (Fsp3) is 0.600. The molecule has 2 N–H and O–H groups in total. The largest absolute Gasteiger partial charge is 0.401 e. The van der Waals surface area contributed by atoms with Crippen LogP contribution in [0.25, 0.3) is 0 Å². The normalized spacial score (nSPS) is 17.8. The van der Waals surface area contributed by atoms with Crippen LogP contribution in [-0.4, -0.2) is 18.0 Å². The Morgan fingerprint density at radius 2 is 2.25 bits per heavy atom. The quantitative estimate of drug-likeness (QED) is 0.676. The average molecular weight is 166 g/mol. The zero-order valence-corrected chi connectivity index (χ0v) is 8.17. The van der Waals surface area contributed by atoms with E-state index in [2.05, 4.69) is 31.9 Å². The molecule has 0 saturated heterocycles. The van der Waals surface area contributed by atoms with Crippen LogP contribution >= 0.6 is 0 Å². The highest BCUT2D eigenvalue weighted by atomic mass is 15.1. The van der Waals surface area contributed by atoms with E-state index in [4.69, 9.17) is 5.73 Å². The molecule has 1 rings (SSSR count). The lowest BCUT2D eigenvalue weighted by Crippen LogP contribution is -2.29. The number of nitrogens with zero attached hydrogens (tertiary/aromatic N) is 1. The van der Waals surface area contributed by atoms with E-state index in [9.17, 15) is 0 Å². The SMILES string of the molecule is CC1=CN(CC(C)C)CC(N)=C1. The fourth-order valence-corrected chi connectivity index (χ4v) is 1.53. The molecule has 0 aromatic heterocycles. The van der Waals surface area contributed by atoms with E-state index in [0.29, 0.717) is 5.92 Å². The van der Waals surface area contributed by atoms with Gasteiger partial charge in [0.05, 0.1) is 6.54 Å². The first kappa shape index (κ1) is 9.17. The van der Waals surface area contributed by atoms with Gasteiger partial charge >= 0.3 is 0 Å². The maximum Gasteiger partial charge on any atom is 0.0569 e. The Morgan fingerprint density at radius 3 is 2.75 bits per heavy atom. The van der Waals surface area contributed by atoms with Gasteiger partial charge in [-0.2, -0.15) is 0 Å². The molecule has 68 valence electrons. The van der Waals surface area contributed by atoms with Crippen molar-refractivity contribution in [1.29, 1.82) is 0 Å². The molecule has 0 fully saturated rings. The van der Waals surface area contributed by atoms with Crippen LogP contribution in [0.4, 0.5) is 0 Å². The number of rotatable bonds is 2. The third-order valence-corrected chi connectivity index (χ3v) is 1.78. The van der Waals surface area contributed by atoms with Crippen molar-refractivity contribution in [1.82, 2.24) is 4.90 Å².